The van der Waals surface area contributed by atoms with Crippen molar-refractivity contribution in [1.29, 1.82) is 0 Å². The molecule has 4 radical (unpaired) electrons. The molecule has 26 heavy (non-hydrogen) atoms. The van der Waals surface area contributed by atoms with E-state index < -0.39 is 0 Å². The molecular formula is C22H17BN2Y-. The van der Waals surface area contributed by atoms with Crippen molar-refractivity contribution in [3.8, 4) is 22.4 Å². The second kappa shape index (κ2) is 8.70. The molecule has 0 aliphatic carbocycles. The van der Waals surface area contributed by atoms with Gasteiger partial charge in [0, 0.05) is 41.1 Å². The van der Waals surface area contributed by atoms with E-state index in [2.05, 4.69) is 72.7 Å². The van der Waals surface area contributed by atoms with Crippen molar-refractivity contribution in [2.24, 2.45) is 7.05 Å². The zero-order valence-corrected chi connectivity index (χ0v) is 17.7. The molecule has 4 heteroatoms. The molecule has 0 fully saturated rings. The molecule has 0 bridgehead atoms. The minimum Gasteiger partial charge on any atom is -0.202 e. The number of aromatic nitrogens is 2. The van der Waals surface area contributed by atoms with Crippen LogP contribution in [0.15, 0.2) is 66.9 Å². The van der Waals surface area contributed by atoms with Crippen molar-refractivity contribution in [1.82, 2.24) is 5.10 Å². The summed E-state index contributed by atoms with van der Waals surface area (Å²) in [5.74, 6) is 0. The van der Waals surface area contributed by atoms with Gasteiger partial charge in [-0.15, -0.1) is 39.2 Å². The molecule has 0 aliphatic rings. The van der Waals surface area contributed by atoms with Crippen molar-refractivity contribution in [3.05, 3.63) is 84.6 Å². The predicted molar refractivity (Wildman–Crippen MR) is 102 cm³/mol. The quantitative estimate of drug-likeness (QED) is 0.279. The maximum Gasteiger partial charge on any atom is 0.175 e. The molecule has 2 nitrogen and oxygen atoms in total. The van der Waals surface area contributed by atoms with Gasteiger partial charge in [-0.25, -0.2) is 5.56 Å². The van der Waals surface area contributed by atoms with Crippen LogP contribution in [0.4, 0.5) is 0 Å². The molecule has 0 spiro atoms. The molecule has 3 aromatic carbocycles. The van der Waals surface area contributed by atoms with Gasteiger partial charge in [-0.3, -0.25) is 0 Å². The Labute approximate surface area is 181 Å². The molecule has 1 heterocycles. The van der Waals surface area contributed by atoms with Crippen molar-refractivity contribution >= 4 is 19.2 Å². The molecular weight excluding hydrogens is 392 g/mol. The third-order valence-corrected chi connectivity index (χ3v) is 4.33. The maximum absolute atomic E-state index is 4.34. The van der Waals surface area contributed by atoms with Crippen molar-refractivity contribution in [2.45, 2.75) is 6.92 Å². The van der Waals surface area contributed by atoms with E-state index in [0.29, 0.717) is 0 Å². The Kier molecular flexibility index (Phi) is 6.86. The van der Waals surface area contributed by atoms with Gasteiger partial charge < -0.3 is 0 Å². The summed E-state index contributed by atoms with van der Waals surface area (Å²) in [5, 5.41) is 6.75. The van der Waals surface area contributed by atoms with Gasteiger partial charge in [0.05, 0.1) is 6.20 Å². The van der Waals surface area contributed by atoms with Gasteiger partial charge in [0.2, 0.25) is 0 Å². The Hall–Kier alpha value is -1.83. The fraction of sp³-hybridized carbons (Fsp3) is 0.0909. The number of aryl methyl sites for hydroxylation is 2. The Morgan fingerprint density at radius 2 is 1.73 bits per heavy atom. The average Bonchev–Trinajstić information content (AvgIpc) is 2.62. The smallest absolute Gasteiger partial charge is 0.175 e. The molecule has 122 valence electrons. The monoisotopic (exact) mass is 409 g/mol. The number of benzene rings is 3. The van der Waals surface area contributed by atoms with E-state index in [1.165, 1.54) is 16.3 Å². The molecule has 4 aromatic rings. The van der Waals surface area contributed by atoms with Gasteiger partial charge in [-0.1, -0.05) is 30.7 Å². The summed E-state index contributed by atoms with van der Waals surface area (Å²) < 4.78 is 1.88. The molecule has 0 atom stereocenters. The normalized spacial score (nSPS) is 10.1. The van der Waals surface area contributed by atoms with E-state index in [9.17, 15) is 0 Å². The average molecular weight is 409 g/mol. The Morgan fingerprint density at radius 3 is 2.54 bits per heavy atom. The van der Waals surface area contributed by atoms with Gasteiger partial charge in [0.25, 0.3) is 0 Å². The molecule has 0 aliphatic heterocycles. The topological polar surface area (TPSA) is 16.8 Å². The molecule has 0 saturated carbocycles. The zero-order valence-electron chi connectivity index (χ0n) is 14.9. The predicted octanol–water partition coefficient (Wildman–Crippen LogP) is 3.92. The van der Waals surface area contributed by atoms with E-state index in [1.54, 1.807) is 6.20 Å². The second-order valence-corrected chi connectivity index (χ2v) is 5.90. The summed E-state index contributed by atoms with van der Waals surface area (Å²) in [6, 6.07) is 27.7. The molecule has 0 N–H and O–H groups in total. The molecule has 1 aromatic heterocycles. The van der Waals surface area contributed by atoms with Crippen LogP contribution in [0.1, 0.15) is 5.56 Å². The van der Waals surface area contributed by atoms with Crippen molar-refractivity contribution in [2.75, 3.05) is 0 Å². The second-order valence-electron chi connectivity index (χ2n) is 5.90. The number of hydrogen-bond acceptors (Lipinski definition) is 1. The number of rotatable bonds is 2. The summed E-state index contributed by atoms with van der Waals surface area (Å²) >= 11 is 0. The largest absolute Gasteiger partial charge is 0.202 e. The standard InChI is InChI=1S/C22H17N2.B.Y/c1-16-12-13-18(15-21(16)22-11-6-14-23-24(22)2)20-10-5-8-17-7-3-4-9-19(17)20;;/h3-9,11-14H,1-2H3;;/q-1;;. The SMILES string of the molecule is Cc1ccc(-c2[c-]ccc3ccccc23)[c-]c1-c1cccn[n+]1C.[B].[Y]. The minimum absolute atomic E-state index is 0. The maximum atomic E-state index is 4.34. The van der Waals surface area contributed by atoms with Gasteiger partial charge in [-0.05, 0) is 17.2 Å². The third kappa shape index (κ3) is 3.79. The Morgan fingerprint density at radius 1 is 0.923 bits per heavy atom. The van der Waals surface area contributed by atoms with Crippen LogP contribution in [-0.2, 0) is 39.8 Å². The van der Waals surface area contributed by atoms with Crippen LogP contribution < -0.4 is 4.68 Å². The molecule has 0 amide bonds. The molecule has 4 rings (SSSR count). The number of fused-ring (bicyclic) bond motifs is 1. The van der Waals surface area contributed by atoms with Crippen LogP contribution in [0, 0.1) is 19.1 Å². The van der Waals surface area contributed by atoms with Gasteiger partial charge in [0.1, 0.15) is 0 Å². The van der Waals surface area contributed by atoms with Crippen LogP contribution in [0.2, 0.25) is 0 Å². The van der Waals surface area contributed by atoms with Gasteiger partial charge in [0.15, 0.2) is 12.7 Å². The molecule has 0 unspecified atom stereocenters. The van der Waals surface area contributed by atoms with Crippen molar-refractivity contribution < 1.29 is 37.4 Å². The van der Waals surface area contributed by atoms with Crippen LogP contribution >= 0.6 is 0 Å². The first-order valence-electron chi connectivity index (χ1n) is 7.98. The van der Waals surface area contributed by atoms with E-state index in [1.807, 2.05) is 23.9 Å². The third-order valence-electron chi connectivity index (χ3n) is 4.33. The summed E-state index contributed by atoms with van der Waals surface area (Å²) in [6.07, 6.45) is 1.79. The van der Waals surface area contributed by atoms with Crippen molar-refractivity contribution in [3.63, 3.8) is 0 Å². The first-order chi connectivity index (χ1) is 11.7. The van der Waals surface area contributed by atoms with Gasteiger partial charge >= 0.3 is 0 Å². The molecule has 0 saturated heterocycles. The van der Waals surface area contributed by atoms with E-state index in [-0.39, 0.29) is 41.1 Å². The first-order valence-corrected chi connectivity index (χ1v) is 7.98. The number of nitrogens with zero attached hydrogens (tertiary/aromatic N) is 2. The minimum atomic E-state index is 0. The van der Waals surface area contributed by atoms with Crippen LogP contribution in [-0.4, -0.2) is 13.5 Å². The summed E-state index contributed by atoms with van der Waals surface area (Å²) in [4.78, 5) is 0. The Balaban J connectivity index is 0.00000121. The van der Waals surface area contributed by atoms with E-state index in [0.717, 1.165) is 22.4 Å². The van der Waals surface area contributed by atoms with Crippen LogP contribution in [0.5, 0.6) is 0 Å². The zero-order chi connectivity index (χ0) is 16.5. The summed E-state index contributed by atoms with van der Waals surface area (Å²) in [7, 11) is 1.96. The number of hydrogen-bond donors (Lipinski definition) is 0. The Bertz CT molecular complexity index is 1040. The van der Waals surface area contributed by atoms with Crippen LogP contribution in [0.3, 0.4) is 0 Å². The van der Waals surface area contributed by atoms with Gasteiger partial charge in [-0.2, -0.15) is 29.8 Å². The fourth-order valence-corrected chi connectivity index (χ4v) is 3.05. The van der Waals surface area contributed by atoms with Crippen LogP contribution in [0.25, 0.3) is 33.2 Å². The first kappa shape index (κ1) is 20.5. The van der Waals surface area contributed by atoms with E-state index >= 15 is 0 Å². The van der Waals surface area contributed by atoms with E-state index in [4.69, 9.17) is 0 Å². The fourth-order valence-electron chi connectivity index (χ4n) is 3.05. The summed E-state index contributed by atoms with van der Waals surface area (Å²) in [6.45, 7) is 2.11. The summed E-state index contributed by atoms with van der Waals surface area (Å²) in [5.41, 5.74) is 5.45.